The lowest BCUT2D eigenvalue weighted by molar-refractivity contribution is 0.0932. The third-order valence-electron chi connectivity index (χ3n) is 4.40. The highest BCUT2D eigenvalue weighted by molar-refractivity contribution is 5.93. The number of hydrogen-bond acceptors (Lipinski definition) is 5. The van der Waals surface area contributed by atoms with Gasteiger partial charge in [-0.25, -0.2) is 0 Å². The molecule has 0 saturated heterocycles. The highest BCUT2D eigenvalue weighted by atomic mass is 16.1. The predicted octanol–water partition coefficient (Wildman–Crippen LogP) is 1.08. The molecule has 7 heteroatoms. The summed E-state index contributed by atoms with van der Waals surface area (Å²) < 4.78 is 2.26. The third kappa shape index (κ3) is 2.58. The van der Waals surface area contributed by atoms with E-state index in [1.165, 1.54) is 25.2 Å². The smallest absolute Gasteiger partial charge is 0.253 e. The van der Waals surface area contributed by atoms with Gasteiger partial charge < -0.3 is 9.88 Å². The van der Waals surface area contributed by atoms with Gasteiger partial charge >= 0.3 is 0 Å². The third-order valence-corrected chi connectivity index (χ3v) is 4.40. The van der Waals surface area contributed by atoms with E-state index in [2.05, 4.69) is 30.3 Å². The van der Waals surface area contributed by atoms with Crippen molar-refractivity contribution in [3.05, 3.63) is 35.7 Å². The first-order valence-electron chi connectivity index (χ1n) is 7.81. The normalized spacial score (nSPS) is 21.0. The summed E-state index contributed by atoms with van der Waals surface area (Å²) in [5.74, 6) is 2.72. The molecule has 3 heterocycles. The Morgan fingerprint density at radius 2 is 2.09 bits per heavy atom. The van der Waals surface area contributed by atoms with Crippen molar-refractivity contribution in [3.63, 3.8) is 0 Å². The van der Waals surface area contributed by atoms with Crippen molar-refractivity contribution in [2.45, 2.75) is 50.6 Å². The number of nitrogens with zero attached hydrogens (tertiary/aromatic N) is 5. The van der Waals surface area contributed by atoms with Gasteiger partial charge in [-0.2, -0.15) is 10.2 Å². The number of fused-ring (bicyclic) bond motifs is 1. The van der Waals surface area contributed by atoms with Crippen LogP contribution in [0.4, 0.5) is 0 Å². The molecule has 2 aromatic heterocycles. The molecule has 1 aliphatic carbocycles. The first-order valence-corrected chi connectivity index (χ1v) is 7.81. The lowest BCUT2D eigenvalue weighted by Gasteiger charge is -2.16. The Hall–Kier alpha value is -2.31. The van der Waals surface area contributed by atoms with Gasteiger partial charge in [-0.3, -0.25) is 4.79 Å². The number of hydrogen-bond donors (Lipinski definition) is 1. The lowest BCUT2D eigenvalue weighted by Crippen LogP contribution is -2.35. The summed E-state index contributed by atoms with van der Waals surface area (Å²) in [6.45, 7) is 0.883. The maximum absolute atomic E-state index is 12.2. The van der Waals surface area contributed by atoms with Crippen LogP contribution in [0.3, 0.4) is 0 Å². The molecule has 7 nitrogen and oxygen atoms in total. The first kappa shape index (κ1) is 13.4. The maximum atomic E-state index is 12.2. The second-order valence-electron chi connectivity index (χ2n) is 6.03. The molecule has 0 spiro atoms. The maximum Gasteiger partial charge on any atom is 0.253 e. The fourth-order valence-corrected chi connectivity index (χ4v) is 2.99. The SMILES string of the molecule is O=C(NC1CCc2nnc(C3CC3)n2CC1)c1ccnnc1. The minimum atomic E-state index is -0.0834. The first-order chi connectivity index (χ1) is 10.8. The molecule has 1 atom stereocenters. The predicted molar refractivity (Wildman–Crippen MR) is 78.2 cm³/mol. The van der Waals surface area contributed by atoms with E-state index in [0.717, 1.165) is 37.5 Å². The van der Waals surface area contributed by atoms with Crippen LogP contribution in [0.25, 0.3) is 0 Å². The van der Waals surface area contributed by atoms with E-state index in [-0.39, 0.29) is 11.9 Å². The molecular formula is C15H18N6O. The average molecular weight is 298 g/mol. The molecule has 1 saturated carbocycles. The second kappa shape index (κ2) is 5.47. The highest BCUT2D eigenvalue weighted by Crippen LogP contribution is 2.39. The number of aryl methyl sites for hydroxylation is 1. The van der Waals surface area contributed by atoms with Crippen LogP contribution in [0.2, 0.25) is 0 Å². The van der Waals surface area contributed by atoms with Crippen LogP contribution < -0.4 is 5.32 Å². The average Bonchev–Trinajstić information content (AvgIpc) is 3.35. The summed E-state index contributed by atoms with van der Waals surface area (Å²) in [6.07, 6.45) is 8.15. The van der Waals surface area contributed by atoms with Crippen LogP contribution in [0.1, 0.15) is 53.6 Å². The zero-order valence-electron chi connectivity index (χ0n) is 12.3. The fraction of sp³-hybridized carbons (Fsp3) is 0.533. The van der Waals surface area contributed by atoms with Gasteiger partial charge in [-0.05, 0) is 31.7 Å². The molecule has 1 fully saturated rings. The summed E-state index contributed by atoms with van der Waals surface area (Å²) in [7, 11) is 0. The van der Waals surface area contributed by atoms with Crippen LogP contribution in [0, 0.1) is 0 Å². The summed E-state index contributed by atoms with van der Waals surface area (Å²) in [6, 6.07) is 1.84. The molecule has 1 unspecified atom stereocenters. The van der Waals surface area contributed by atoms with E-state index in [0.29, 0.717) is 11.5 Å². The number of rotatable bonds is 3. The quantitative estimate of drug-likeness (QED) is 0.916. The van der Waals surface area contributed by atoms with Crippen molar-refractivity contribution in [3.8, 4) is 0 Å². The van der Waals surface area contributed by atoms with Crippen molar-refractivity contribution in [1.29, 1.82) is 0 Å². The fourth-order valence-electron chi connectivity index (χ4n) is 2.99. The second-order valence-corrected chi connectivity index (χ2v) is 6.03. The number of amides is 1. The molecule has 1 amide bonds. The highest BCUT2D eigenvalue weighted by Gasteiger charge is 2.31. The molecule has 0 bridgehead atoms. The van der Waals surface area contributed by atoms with Gasteiger partial charge in [0.2, 0.25) is 0 Å². The molecule has 2 aromatic rings. The summed E-state index contributed by atoms with van der Waals surface area (Å²) in [4.78, 5) is 12.2. The van der Waals surface area contributed by atoms with E-state index in [1.54, 1.807) is 6.07 Å². The largest absolute Gasteiger partial charge is 0.349 e. The minimum absolute atomic E-state index is 0.0834. The van der Waals surface area contributed by atoms with Crippen LogP contribution in [0.5, 0.6) is 0 Å². The molecule has 22 heavy (non-hydrogen) atoms. The molecule has 1 aliphatic heterocycles. The number of aromatic nitrogens is 5. The number of nitrogens with one attached hydrogen (secondary N) is 1. The van der Waals surface area contributed by atoms with Crippen LogP contribution >= 0.6 is 0 Å². The van der Waals surface area contributed by atoms with Gasteiger partial charge in [-0.15, -0.1) is 10.2 Å². The van der Waals surface area contributed by atoms with Crippen LogP contribution in [-0.2, 0) is 13.0 Å². The van der Waals surface area contributed by atoms with E-state index >= 15 is 0 Å². The molecule has 0 aromatic carbocycles. The van der Waals surface area contributed by atoms with Crippen molar-refractivity contribution in [1.82, 2.24) is 30.3 Å². The molecule has 2 aliphatic rings. The van der Waals surface area contributed by atoms with E-state index < -0.39 is 0 Å². The monoisotopic (exact) mass is 298 g/mol. The topological polar surface area (TPSA) is 85.6 Å². The summed E-state index contributed by atoms with van der Waals surface area (Å²) >= 11 is 0. The molecule has 0 radical (unpaired) electrons. The Balaban J connectivity index is 1.43. The Morgan fingerprint density at radius 1 is 1.18 bits per heavy atom. The van der Waals surface area contributed by atoms with Crippen LogP contribution in [-0.4, -0.2) is 36.9 Å². The summed E-state index contributed by atoms with van der Waals surface area (Å²) in [5.41, 5.74) is 0.553. The molecule has 1 N–H and O–H groups in total. The zero-order chi connectivity index (χ0) is 14.9. The van der Waals surface area contributed by atoms with Gasteiger partial charge in [0.25, 0.3) is 5.91 Å². The standard InChI is InChI=1S/C15H18N6O/c22-15(11-5-7-16-17-9-11)18-12-3-4-13-19-20-14(10-1-2-10)21(13)8-6-12/h5,7,9-10,12H,1-4,6,8H2,(H,18,22). The Bertz CT molecular complexity index is 679. The van der Waals surface area contributed by atoms with Gasteiger partial charge in [0.15, 0.2) is 0 Å². The van der Waals surface area contributed by atoms with Crippen molar-refractivity contribution < 1.29 is 4.79 Å². The number of carbonyl (C=O) groups is 1. The van der Waals surface area contributed by atoms with Crippen molar-refractivity contribution in [2.24, 2.45) is 0 Å². The lowest BCUT2D eigenvalue weighted by atomic mass is 10.1. The van der Waals surface area contributed by atoms with Crippen LogP contribution in [0.15, 0.2) is 18.5 Å². The zero-order valence-corrected chi connectivity index (χ0v) is 12.3. The number of carbonyl (C=O) groups excluding carboxylic acids is 1. The van der Waals surface area contributed by atoms with Gasteiger partial charge in [0.1, 0.15) is 11.6 Å². The van der Waals surface area contributed by atoms with Gasteiger partial charge in [0.05, 0.1) is 18.0 Å². The minimum Gasteiger partial charge on any atom is -0.349 e. The Kier molecular flexibility index (Phi) is 3.32. The van der Waals surface area contributed by atoms with Crippen molar-refractivity contribution in [2.75, 3.05) is 0 Å². The Labute approximate surface area is 128 Å². The van der Waals surface area contributed by atoms with E-state index in [9.17, 15) is 4.79 Å². The van der Waals surface area contributed by atoms with Crippen molar-refractivity contribution >= 4 is 5.91 Å². The van der Waals surface area contributed by atoms with E-state index in [1.807, 2.05) is 0 Å². The molecule has 4 rings (SSSR count). The van der Waals surface area contributed by atoms with Gasteiger partial charge in [0, 0.05) is 24.9 Å². The van der Waals surface area contributed by atoms with E-state index in [4.69, 9.17) is 0 Å². The van der Waals surface area contributed by atoms with Gasteiger partial charge in [-0.1, -0.05) is 0 Å². The molecular weight excluding hydrogens is 280 g/mol. The Morgan fingerprint density at radius 3 is 2.86 bits per heavy atom. The molecule has 114 valence electrons. The summed E-state index contributed by atoms with van der Waals surface area (Å²) in [5, 5.41) is 19.2.